The lowest BCUT2D eigenvalue weighted by Gasteiger charge is -2.15. The van der Waals surface area contributed by atoms with Crippen LogP contribution in [0.4, 0.5) is 0 Å². The number of imide groups is 1. The summed E-state index contributed by atoms with van der Waals surface area (Å²) in [6, 6.07) is 11.5. The summed E-state index contributed by atoms with van der Waals surface area (Å²) in [7, 11) is 0. The van der Waals surface area contributed by atoms with E-state index in [9.17, 15) is 9.59 Å². The highest BCUT2D eigenvalue weighted by Gasteiger charge is 2.59. The van der Waals surface area contributed by atoms with E-state index in [1.54, 1.807) is 6.07 Å². The Bertz CT molecular complexity index is 1130. The minimum Gasteiger partial charge on any atom is -0.490 e. The van der Waals surface area contributed by atoms with Gasteiger partial charge in [0.1, 0.15) is 6.61 Å². The summed E-state index contributed by atoms with van der Waals surface area (Å²) in [5, 5.41) is 5.33. The Morgan fingerprint density at radius 1 is 1.00 bits per heavy atom. The van der Waals surface area contributed by atoms with Crippen molar-refractivity contribution in [2.24, 2.45) is 28.8 Å². The van der Waals surface area contributed by atoms with Crippen LogP contribution in [0.25, 0.3) is 0 Å². The standard InChI is InChI=1S/C25H22Br2N2O4/c1-2-32-20-10-17(19(27)11-21(20)33-13-14-3-7-18(26)8-4-14)12-28-29-24(30)22-15-5-6-16(9-15)23(22)25(29)31/h3-8,10-12,15-16,22-23H,2,9,13H2,1H3/t15-,16-,22-,23+/m0/s1. The average Bonchev–Trinajstić information content (AvgIpc) is 3.48. The second-order valence-corrected chi connectivity index (χ2v) is 10.2. The molecule has 2 aliphatic carbocycles. The van der Waals surface area contributed by atoms with Crippen molar-refractivity contribution < 1.29 is 19.1 Å². The van der Waals surface area contributed by atoms with Crippen molar-refractivity contribution in [3.63, 3.8) is 0 Å². The molecule has 2 bridgehead atoms. The molecule has 170 valence electrons. The molecular weight excluding hydrogens is 552 g/mol. The zero-order valence-electron chi connectivity index (χ0n) is 17.9. The summed E-state index contributed by atoms with van der Waals surface area (Å²) >= 11 is 6.99. The van der Waals surface area contributed by atoms with Crippen molar-refractivity contribution in [3.05, 3.63) is 68.6 Å². The highest BCUT2D eigenvalue weighted by atomic mass is 79.9. The second kappa shape index (κ2) is 9.06. The number of rotatable bonds is 7. The maximum absolute atomic E-state index is 12.9. The first-order chi connectivity index (χ1) is 16.0. The third-order valence-corrected chi connectivity index (χ3v) is 7.65. The van der Waals surface area contributed by atoms with Crippen molar-refractivity contribution in [2.75, 3.05) is 6.61 Å². The lowest BCUT2D eigenvalue weighted by molar-refractivity contribution is -0.140. The van der Waals surface area contributed by atoms with Crippen LogP contribution < -0.4 is 9.47 Å². The van der Waals surface area contributed by atoms with Gasteiger partial charge in [-0.05, 0) is 70.9 Å². The number of amides is 2. The Morgan fingerprint density at radius 3 is 2.27 bits per heavy atom. The smallest absolute Gasteiger partial charge is 0.254 e. The van der Waals surface area contributed by atoms with Gasteiger partial charge in [0.25, 0.3) is 11.8 Å². The minimum absolute atomic E-state index is 0.162. The van der Waals surface area contributed by atoms with Crippen LogP contribution >= 0.6 is 31.9 Å². The predicted octanol–water partition coefficient (Wildman–Crippen LogP) is 5.33. The number of ether oxygens (including phenoxy) is 2. The quantitative estimate of drug-likeness (QED) is 0.255. The Kier molecular flexibility index (Phi) is 6.14. The lowest BCUT2D eigenvalue weighted by atomic mass is 9.85. The Morgan fingerprint density at radius 2 is 1.64 bits per heavy atom. The monoisotopic (exact) mass is 572 g/mol. The van der Waals surface area contributed by atoms with Gasteiger partial charge in [-0.2, -0.15) is 10.1 Å². The molecule has 1 saturated carbocycles. The molecule has 0 spiro atoms. The summed E-state index contributed by atoms with van der Waals surface area (Å²) in [6.07, 6.45) is 6.57. The van der Waals surface area contributed by atoms with Gasteiger partial charge in [0.05, 0.1) is 24.7 Å². The molecular formula is C25H22Br2N2O4. The van der Waals surface area contributed by atoms with Crippen LogP contribution in [-0.2, 0) is 16.2 Å². The minimum atomic E-state index is -0.263. The maximum atomic E-state index is 12.9. The van der Waals surface area contributed by atoms with Gasteiger partial charge >= 0.3 is 0 Å². The number of hydrogen-bond donors (Lipinski definition) is 0. The fourth-order valence-electron chi connectivity index (χ4n) is 4.89. The van der Waals surface area contributed by atoms with E-state index in [4.69, 9.17) is 9.47 Å². The van der Waals surface area contributed by atoms with Gasteiger partial charge in [0, 0.05) is 14.5 Å². The summed E-state index contributed by atoms with van der Waals surface area (Å²) in [4.78, 5) is 25.7. The molecule has 8 heteroatoms. The Labute approximate surface area is 208 Å². The van der Waals surface area contributed by atoms with Crippen LogP contribution in [0.5, 0.6) is 11.5 Å². The van der Waals surface area contributed by atoms with Gasteiger partial charge in [0.2, 0.25) is 0 Å². The SMILES string of the molecule is CCOc1cc(C=NN2C(=O)[C@@H]3[C@H](C2=O)[C@H]2C=C[C@H]3C2)c(Br)cc1OCc1ccc(Br)cc1. The van der Waals surface area contributed by atoms with Crippen LogP contribution in [0.15, 0.2) is 62.6 Å². The highest BCUT2D eigenvalue weighted by Crippen LogP contribution is 2.52. The zero-order chi connectivity index (χ0) is 23.1. The van der Waals surface area contributed by atoms with Gasteiger partial charge in [0.15, 0.2) is 11.5 Å². The Hall–Kier alpha value is -2.45. The zero-order valence-corrected chi connectivity index (χ0v) is 21.1. The first-order valence-electron chi connectivity index (χ1n) is 10.9. The number of allylic oxidation sites excluding steroid dienone is 2. The van der Waals surface area contributed by atoms with E-state index in [1.165, 1.54) is 6.21 Å². The van der Waals surface area contributed by atoms with E-state index < -0.39 is 0 Å². The molecule has 33 heavy (non-hydrogen) atoms. The molecule has 2 aromatic rings. The molecule has 0 N–H and O–H groups in total. The summed E-state index contributed by atoms with van der Waals surface area (Å²) in [5.74, 6) is 0.558. The molecule has 1 saturated heterocycles. The van der Waals surface area contributed by atoms with Crippen molar-refractivity contribution in [1.29, 1.82) is 0 Å². The molecule has 1 aliphatic heterocycles. The van der Waals surface area contributed by atoms with Gasteiger partial charge in [-0.25, -0.2) is 0 Å². The second-order valence-electron chi connectivity index (χ2n) is 8.40. The van der Waals surface area contributed by atoms with Crippen molar-refractivity contribution in [1.82, 2.24) is 5.01 Å². The molecule has 3 aliphatic rings. The molecule has 0 radical (unpaired) electrons. The predicted molar refractivity (Wildman–Crippen MR) is 131 cm³/mol. The highest BCUT2D eigenvalue weighted by molar-refractivity contribution is 9.10. The summed E-state index contributed by atoms with van der Waals surface area (Å²) in [6.45, 7) is 2.76. The number of halogens is 2. The van der Waals surface area contributed by atoms with Crippen LogP contribution in [0.1, 0.15) is 24.5 Å². The number of hydrogen-bond acceptors (Lipinski definition) is 5. The molecule has 2 aromatic carbocycles. The summed E-state index contributed by atoms with van der Waals surface area (Å²) < 4.78 is 13.5. The Balaban J connectivity index is 1.34. The van der Waals surface area contributed by atoms with Crippen LogP contribution in [0.2, 0.25) is 0 Å². The van der Waals surface area contributed by atoms with Gasteiger partial charge in [-0.15, -0.1) is 0 Å². The molecule has 1 heterocycles. The number of nitrogens with zero attached hydrogens (tertiary/aromatic N) is 2. The van der Waals surface area contributed by atoms with E-state index in [1.807, 2.05) is 37.3 Å². The summed E-state index contributed by atoms with van der Waals surface area (Å²) in [5.41, 5.74) is 1.72. The molecule has 6 nitrogen and oxygen atoms in total. The fourth-order valence-corrected chi connectivity index (χ4v) is 5.58. The average molecular weight is 574 g/mol. The fraction of sp³-hybridized carbons (Fsp3) is 0.320. The molecule has 0 aromatic heterocycles. The number of carbonyl (C=O) groups excluding carboxylic acids is 2. The topological polar surface area (TPSA) is 68.2 Å². The molecule has 0 unspecified atom stereocenters. The van der Waals surface area contributed by atoms with Gasteiger partial charge in [-0.3, -0.25) is 9.59 Å². The van der Waals surface area contributed by atoms with E-state index in [2.05, 4.69) is 49.1 Å². The maximum Gasteiger partial charge on any atom is 0.254 e. The first kappa shape index (κ1) is 22.3. The normalized spacial score (nSPS) is 25.4. The molecule has 4 atom stereocenters. The van der Waals surface area contributed by atoms with Crippen molar-refractivity contribution in [3.8, 4) is 11.5 Å². The van der Waals surface area contributed by atoms with Crippen LogP contribution in [0, 0.1) is 23.7 Å². The van der Waals surface area contributed by atoms with E-state index in [0.717, 1.165) is 25.9 Å². The van der Waals surface area contributed by atoms with E-state index in [-0.39, 0.29) is 35.5 Å². The molecule has 2 amide bonds. The van der Waals surface area contributed by atoms with E-state index in [0.29, 0.717) is 30.3 Å². The van der Waals surface area contributed by atoms with Crippen LogP contribution in [0.3, 0.4) is 0 Å². The number of carbonyl (C=O) groups is 2. The molecule has 2 fully saturated rings. The lowest BCUT2D eigenvalue weighted by Crippen LogP contribution is -2.28. The van der Waals surface area contributed by atoms with Crippen LogP contribution in [-0.4, -0.2) is 29.6 Å². The first-order valence-corrected chi connectivity index (χ1v) is 12.5. The third kappa shape index (κ3) is 4.15. The van der Waals surface area contributed by atoms with Crippen molar-refractivity contribution >= 4 is 49.9 Å². The van der Waals surface area contributed by atoms with Gasteiger partial charge < -0.3 is 9.47 Å². The van der Waals surface area contributed by atoms with E-state index >= 15 is 0 Å². The largest absolute Gasteiger partial charge is 0.490 e. The molecule has 5 rings (SSSR count). The van der Waals surface area contributed by atoms with Crippen molar-refractivity contribution in [2.45, 2.75) is 20.0 Å². The number of hydrazone groups is 1. The third-order valence-electron chi connectivity index (χ3n) is 6.43. The number of benzene rings is 2. The van der Waals surface area contributed by atoms with Gasteiger partial charge in [-0.1, -0.05) is 40.2 Å². The number of fused-ring (bicyclic) bond motifs is 5.